The van der Waals surface area contributed by atoms with Crippen molar-refractivity contribution in [3.8, 4) is 5.75 Å². The van der Waals surface area contributed by atoms with Crippen molar-refractivity contribution in [1.29, 1.82) is 0 Å². The Morgan fingerprint density at radius 3 is 2.83 bits per heavy atom. The molecule has 0 saturated carbocycles. The Balaban J connectivity index is 1.30. The molecule has 2 saturated heterocycles. The molecule has 2 aliphatic rings. The molecule has 1 amide bonds. The molecule has 3 N–H and O–H groups in total. The Labute approximate surface area is 207 Å². The third-order valence-corrected chi connectivity index (χ3v) is 6.75. The topological polar surface area (TPSA) is 97.4 Å². The van der Waals surface area contributed by atoms with E-state index in [0.717, 1.165) is 56.5 Å². The Morgan fingerprint density at radius 1 is 1.20 bits per heavy atom. The van der Waals surface area contributed by atoms with Crippen LogP contribution >= 0.6 is 11.6 Å². The van der Waals surface area contributed by atoms with Crippen LogP contribution in [0.5, 0.6) is 5.75 Å². The third kappa shape index (κ3) is 5.80. The van der Waals surface area contributed by atoms with Crippen molar-refractivity contribution < 1.29 is 18.7 Å². The number of benzene rings is 2. The SMILES string of the molecule is O=C(N[C@@H](c1ccc(F)c(Cl)c1)[C@H]1CCNC1)Oc1ccc2cnc(NC3CCOCC3)nc2c1. The van der Waals surface area contributed by atoms with Crippen LogP contribution in [0.3, 0.4) is 0 Å². The van der Waals surface area contributed by atoms with E-state index >= 15 is 0 Å². The molecule has 184 valence electrons. The van der Waals surface area contributed by atoms with E-state index in [1.165, 1.54) is 6.07 Å². The minimum absolute atomic E-state index is 0.0213. The number of hydrogen-bond acceptors (Lipinski definition) is 7. The van der Waals surface area contributed by atoms with Crippen molar-refractivity contribution in [3.05, 3.63) is 59.0 Å². The van der Waals surface area contributed by atoms with E-state index < -0.39 is 11.9 Å². The summed E-state index contributed by atoms with van der Waals surface area (Å²) < 4.78 is 24.7. The Hall–Kier alpha value is -3.01. The predicted molar refractivity (Wildman–Crippen MR) is 131 cm³/mol. The summed E-state index contributed by atoms with van der Waals surface area (Å²) in [5.41, 5.74) is 1.40. The summed E-state index contributed by atoms with van der Waals surface area (Å²) in [5, 5.41) is 10.5. The maximum Gasteiger partial charge on any atom is 0.413 e. The first-order valence-electron chi connectivity index (χ1n) is 11.8. The zero-order chi connectivity index (χ0) is 24.2. The highest BCUT2D eigenvalue weighted by molar-refractivity contribution is 6.30. The summed E-state index contributed by atoms with van der Waals surface area (Å²) in [7, 11) is 0. The Bertz CT molecular complexity index is 1200. The molecule has 3 heterocycles. The molecule has 0 unspecified atom stereocenters. The number of anilines is 1. The summed E-state index contributed by atoms with van der Waals surface area (Å²) in [6.45, 7) is 3.03. The lowest BCUT2D eigenvalue weighted by molar-refractivity contribution is 0.0903. The number of rotatable bonds is 6. The molecule has 5 rings (SSSR count). The number of carbonyl (C=O) groups is 1. The van der Waals surface area contributed by atoms with Gasteiger partial charge in [-0.1, -0.05) is 17.7 Å². The van der Waals surface area contributed by atoms with Crippen LogP contribution in [0.25, 0.3) is 10.9 Å². The monoisotopic (exact) mass is 499 g/mol. The van der Waals surface area contributed by atoms with Gasteiger partial charge in [0.1, 0.15) is 11.6 Å². The number of fused-ring (bicyclic) bond motifs is 1. The Kier molecular flexibility index (Phi) is 7.26. The molecule has 10 heteroatoms. The van der Waals surface area contributed by atoms with E-state index in [0.29, 0.717) is 17.2 Å². The zero-order valence-corrected chi connectivity index (χ0v) is 19.9. The van der Waals surface area contributed by atoms with Crippen LogP contribution in [0, 0.1) is 11.7 Å². The zero-order valence-electron chi connectivity index (χ0n) is 19.1. The number of amides is 1. The van der Waals surface area contributed by atoms with Crippen molar-refractivity contribution in [2.45, 2.75) is 31.3 Å². The van der Waals surface area contributed by atoms with Gasteiger partial charge in [0.2, 0.25) is 5.95 Å². The minimum Gasteiger partial charge on any atom is -0.410 e. The summed E-state index contributed by atoms with van der Waals surface area (Å²) in [6.07, 6.45) is 3.82. The molecule has 2 fully saturated rings. The fourth-order valence-electron chi connectivity index (χ4n) is 4.56. The van der Waals surface area contributed by atoms with Gasteiger partial charge in [-0.15, -0.1) is 0 Å². The van der Waals surface area contributed by atoms with Gasteiger partial charge >= 0.3 is 6.09 Å². The molecule has 3 aromatic rings. The van der Waals surface area contributed by atoms with Crippen LogP contribution < -0.4 is 20.7 Å². The normalized spacial score (nSPS) is 19.4. The van der Waals surface area contributed by atoms with Gasteiger partial charge in [0.05, 0.1) is 16.6 Å². The molecule has 1 aromatic heterocycles. The molecule has 0 bridgehead atoms. The van der Waals surface area contributed by atoms with E-state index in [1.807, 2.05) is 6.07 Å². The van der Waals surface area contributed by atoms with E-state index in [4.69, 9.17) is 21.1 Å². The van der Waals surface area contributed by atoms with Crippen LogP contribution in [-0.4, -0.2) is 48.4 Å². The van der Waals surface area contributed by atoms with Gasteiger partial charge in [0.15, 0.2) is 0 Å². The van der Waals surface area contributed by atoms with Gasteiger partial charge in [0, 0.05) is 43.4 Å². The molecular formula is C25H27ClFN5O3. The first-order valence-corrected chi connectivity index (χ1v) is 12.2. The fraction of sp³-hybridized carbons (Fsp3) is 0.400. The number of nitrogens with one attached hydrogen (secondary N) is 3. The molecule has 35 heavy (non-hydrogen) atoms. The van der Waals surface area contributed by atoms with Gasteiger partial charge in [-0.25, -0.2) is 19.2 Å². The number of halogens is 2. The number of ether oxygens (including phenoxy) is 2. The summed E-state index contributed by atoms with van der Waals surface area (Å²) in [6, 6.07) is 9.65. The molecule has 0 aliphatic carbocycles. The van der Waals surface area contributed by atoms with E-state index in [2.05, 4.69) is 25.9 Å². The molecular weight excluding hydrogens is 473 g/mol. The molecule has 0 radical (unpaired) electrons. The lowest BCUT2D eigenvalue weighted by atomic mass is 9.92. The maximum absolute atomic E-state index is 13.7. The molecule has 8 nitrogen and oxygen atoms in total. The first kappa shape index (κ1) is 23.7. The van der Waals surface area contributed by atoms with Crippen LogP contribution in [0.2, 0.25) is 5.02 Å². The first-order chi connectivity index (χ1) is 17.0. The summed E-state index contributed by atoms with van der Waals surface area (Å²) >= 11 is 6.00. The molecule has 0 spiro atoms. The second-order valence-corrected chi connectivity index (χ2v) is 9.29. The van der Waals surface area contributed by atoms with Crippen molar-refractivity contribution in [1.82, 2.24) is 20.6 Å². The second kappa shape index (κ2) is 10.7. The smallest absolute Gasteiger partial charge is 0.410 e. The number of aromatic nitrogens is 2. The molecule has 2 aromatic carbocycles. The van der Waals surface area contributed by atoms with E-state index in [-0.39, 0.29) is 23.0 Å². The molecule has 2 atom stereocenters. The van der Waals surface area contributed by atoms with Gasteiger partial charge in [-0.2, -0.15) is 0 Å². The quantitative estimate of drug-likeness (QED) is 0.461. The van der Waals surface area contributed by atoms with Crippen LogP contribution in [0.1, 0.15) is 30.9 Å². The number of nitrogens with zero attached hydrogens (tertiary/aromatic N) is 2. The standard InChI is InChI=1S/C25H27ClFN5O3/c26-20-11-15(2-4-21(20)27)23(17-5-8-28-13-17)32-25(33)35-19-3-1-16-14-29-24(31-22(16)12-19)30-18-6-9-34-10-7-18/h1-4,11-12,14,17-18,23,28H,5-10,13H2,(H,32,33)(H,29,30,31)/t17-,23-/m0/s1. The van der Waals surface area contributed by atoms with Gasteiger partial charge in [0.25, 0.3) is 0 Å². The average molecular weight is 500 g/mol. The summed E-state index contributed by atoms with van der Waals surface area (Å²) in [4.78, 5) is 21.8. The minimum atomic E-state index is -0.601. The van der Waals surface area contributed by atoms with Crippen LogP contribution in [0.4, 0.5) is 15.1 Å². The highest BCUT2D eigenvalue weighted by Gasteiger charge is 2.29. The number of hydrogen-bond donors (Lipinski definition) is 3. The van der Waals surface area contributed by atoms with Crippen molar-refractivity contribution in [2.75, 3.05) is 31.6 Å². The van der Waals surface area contributed by atoms with Crippen LogP contribution in [0.15, 0.2) is 42.6 Å². The lowest BCUT2D eigenvalue weighted by Crippen LogP contribution is -2.36. The Morgan fingerprint density at radius 2 is 2.06 bits per heavy atom. The van der Waals surface area contributed by atoms with Crippen molar-refractivity contribution in [3.63, 3.8) is 0 Å². The largest absolute Gasteiger partial charge is 0.413 e. The fourth-order valence-corrected chi connectivity index (χ4v) is 4.75. The predicted octanol–water partition coefficient (Wildman–Crippen LogP) is 4.45. The molecule has 2 aliphatic heterocycles. The second-order valence-electron chi connectivity index (χ2n) is 8.88. The third-order valence-electron chi connectivity index (χ3n) is 6.47. The van der Waals surface area contributed by atoms with Gasteiger partial charge < -0.3 is 25.4 Å². The van der Waals surface area contributed by atoms with Crippen LogP contribution in [-0.2, 0) is 4.74 Å². The van der Waals surface area contributed by atoms with Gasteiger partial charge in [-0.3, -0.25) is 0 Å². The van der Waals surface area contributed by atoms with Gasteiger partial charge in [-0.05, 0) is 61.6 Å². The highest BCUT2D eigenvalue weighted by atomic mass is 35.5. The maximum atomic E-state index is 13.7. The lowest BCUT2D eigenvalue weighted by Gasteiger charge is -2.24. The average Bonchev–Trinajstić information content (AvgIpc) is 3.39. The number of carbonyl (C=O) groups excluding carboxylic acids is 1. The van der Waals surface area contributed by atoms with E-state index in [9.17, 15) is 9.18 Å². The highest BCUT2D eigenvalue weighted by Crippen LogP contribution is 2.30. The summed E-state index contributed by atoms with van der Waals surface area (Å²) in [5.74, 6) is 0.538. The van der Waals surface area contributed by atoms with Crippen molar-refractivity contribution >= 4 is 34.5 Å². The van der Waals surface area contributed by atoms with E-state index in [1.54, 1.807) is 30.5 Å². The van der Waals surface area contributed by atoms with Crippen molar-refractivity contribution in [2.24, 2.45) is 5.92 Å².